The van der Waals surface area contributed by atoms with Crippen LogP contribution in [0.5, 0.6) is 0 Å². The minimum absolute atomic E-state index is 0.106. The first-order valence-electron chi connectivity index (χ1n) is 7.20. The predicted molar refractivity (Wildman–Crippen MR) is 87.8 cm³/mol. The minimum Gasteiger partial charge on any atom is -0.350 e. The Balaban J connectivity index is 1.73. The highest BCUT2D eigenvalue weighted by Crippen LogP contribution is 2.19. The van der Waals surface area contributed by atoms with Gasteiger partial charge in [-0.1, -0.05) is 11.6 Å². The number of halogens is 1. The smallest absolute Gasteiger partial charge is 0.252 e. The van der Waals surface area contributed by atoms with Crippen LogP contribution in [0.4, 0.5) is 0 Å². The van der Waals surface area contributed by atoms with E-state index in [1.807, 2.05) is 36.0 Å². The third-order valence-corrected chi connectivity index (χ3v) is 3.88. The molecule has 1 amide bonds. The first-order valence-corrected chi connectivity index (χ1v) is 7.58. The maximum atomic E-state index is 12.4. The number of carbonyl (C=O) groups excluding carboxylic acids is 1. The molecule has 1 N–H and O–H groups in total. The van der Waals surface area contributed by atoms with Crippen molar-refractivity contribution in [2.75, 3.05) is 6.54 Å². The number of nitrogens with one attached hydrogen (secondary N) is 1. The summed E-state index contributed by atoms with van der Waals surface area (Å²) >= 11 is 6.16. The van der Waals surface area contributed by atoms with Crippen molar-refractivity contribution >= 4 is 17.5 Å². The molecule has 1 atom stereocenters. The first kappa shape index (κ1) is 15.3. The molecule has 3 rings (SSSR count). The van der Waals surface area contributed by atoms with Gasteiger partial charge in [0.05, 0.1) is 22.6 Å². The van der Waals surface area contributed by atoms with Crippen molar-refractivity contribution in [1.82, 2.24) is 24.6 Å². The molecule has 3 aromatic rings. The highest BCUT2D eigenvalue weighted by molar-refractivity contribution is 6.33. The topological polar surface area (TPSA) is 64.7 Å². The fourth-order valence-electron chi connectivity index (χ4n) is 2.22. The van der Waals surface area contributed by atoms with E-state index < -0.39 is 0 Å². The van der Waals surface area contributed by atoms with E-state index in [0.29, 0.717) is 17.1 Å². The molecule has 0 aliphatic rings. The van der Waals surface area contributed by atoms with Crippen LogP contribution in [0, 0.1) is 0 Å². The Morgan fingerprint density at radius 3 is 2.91 bits per heavy atom. The van der Waals surface area contributed by atoms with Gasteiger partial charge in [0.2, 0.25) is 0 Å². The van der Waals surface area contributed by atoms with Crippen molar-refractivity contribution in [1.29, 1.82) is 0 Å². The molecule has 0 radical (unpaired) electrons. The van der Waals surface area contributed by atoms with E-state index >= 15 is 0 Å². The Labute approximate surface area is 138 Å². The summed E-state index contributed by atoms with van der Waals surface area (Å²) in [5.74, 6) is -0.212. The third kappa shape index (κ3) is 3.43. The van der Waals surface area contributed by atoms with Crippen molar-refractivity contribution in [2.24, 2.45) is 0 Å². The van der Waals surface area contributed by atoms with Crippen LogP contribution >= 0.6 is 11.6 Å². The van der Waals surface area contributed by atoms with E-state index in [1.165, 1.54) is 0 Å². The van der Waals surface area contributed by atoms with E-state index in [-0.39, 0.29) is 11.9 Å². The Hall–Kier alpha value is -2.60. The molecule has 0 spiro atoms. The molecular formula is C16H16ClN5O. The number of benzene rings is 1. The van der Waals surface area contributed by atoms with Crippen molar-refractivity contribution < 1.29 is 4.79 Å². The summed E-state index contributed by atoms with van der Waals surface area (Å²) in [6, 6.07) is 7.18. The van der Waals surface area contributed by atoms with E-state index in [0.717, 1.165) is 5.69 Å². The molecule has 1 aromatic carbocycles. The molecule has 23 heavy (non-hydrogen) atoms. The number of aromatic nitrogens is 4. The zero-order valence-electron chi connectivity index (χ0n) is 12.6. The zero-order valence-corrected chi connectivity index (χ0v) is 13.3. The molecule has 0 aliphatic carbocycles. The number of amides is 1. The predicted octanol–water partition coefficient (Wildman–Crippen LogP) is 2.71. The molecule has 6 nitrogen and oxygen atoms in total. The second-order valence-electron chi connectivity index (χ2n) is 5.18. The van der Waals surface area contributed by atoms with Crippen LogP contribution in [0.3, 0.4) is 0 Å². The quantitative estimate of drug-likeness (QED) is 0.782. The van der Waals surface area contributed by atoms with Crippen LogP contribution in [0.15, 0.2) is 55.4 Å². The van der Waals surface area contributed by atoms with Gasteiger partial charge in [-0.25, -0.2) is 9.67 Å². The summed E-state index contributed by atoms with van der Waals surface area (Å²) in [5, 5.41) is 7.47. The van der Waals surface area contributed by atoms with Crippen molar-refractivity contribution in [2.45, 2.75) is 13.0 Å². The number of carbonyl (C=O) groups is 1. The highest BCUT2D eigenvalue weighted by atomic mass is 35.5. The van der Waals surface area contributed by atoms with Gasteiger partial charge in [0.15, 0.2) is 0 Å². The number of rotatable bonds is 5. The minimum atomic E-state index is -0.212. The van der Waals surface area contributed by atoms with Crippen LogP contribution in [0.1, 0.15) is 23.3 Å². The Morgan fingerprint density at radius 1 is 1.35 bits per heavy atom. The summed E-state index contributed by atoms with van der Waals surface area (Å²) in [6.07, 6.45) is 8.79. The second-order valence-corrected chi connectivity index (χ2v) is 5.59. The maximum Gasteiger partial charge on any atom is 0.252 e. The van der Waals surface area contributed by atoms with Gasteiger partial charge >= 0.3 is 0 Å². The standard InChI is InChI=1S/C16H16ClN5O/c1-12(21-8-6-18-11-21)10-19-16(23)14-9-13(3-4-15(14)17)22-7-2-5-20-22/h2-9,11-12H,10H2,1H3,(H,19,23)/t12-/m1/s1. The summed E-state index contributed by atoms with van der Waals surface area (Å²) in [4.78, 5) is 16.4. The van der Waals surface area contributed by atoms with Gasteiger partial charge in [0.25, 0.3) is 5.91 Å². The Morgan fingerprint density at radius 2 is 2.22 bits per heavy atom. The summed E-state index contributed by atoms with van der Waals surface area (Å²) in [6.45, 7) is 2.49. The molecule has 118 valence electrons. The lowest BCUT2D eigenvalue weighted by atomic mass is 10.2. The highest BCUT2D eigenvalue weighted by Gasteiger charge is 2.13. The molecular weight excluding hydrogens is 314 g/mol. The van der Waals surface area contributed by atoms with Gasteiger partial charge < -0.3 is 9.88 Å². The number of nitrogens with zero attached hydrogens (tertiary/aromatic N) is 4. The molecule has 7 heteroatoms. The molecule has 2 aromatic heterocycles. The van der Waals surface area contributed by atoms with Crippen LogP contribution in [0.2, 0.25) is 5.02 Å². The van der Waals surface area contributed by atoms with Crippen molar-refractivity contribution in [3.8, 4) is 5.69 Å². The molecule has 0 fully saturated rings. The number of hydrogen-bond donors (Lipinski definition) is 1. The average molecular weight is 330 g/mol. The average Bonchev–Trinajstić information content (AvgIpc) is 3.25. The largest absolute Gasteiger partial charge is 0.350 e. The van der Waals surface area contributed by atoms with Crippen molar-refractivity contribution in [3.63, 3.8) is 0 Å². The zero-order chi connectivity index (χ0) is 16.2. The maximum absolute atomic E-state index is 12.4. The summed E-state index contributed by atoms with van der Waals surface area (Å²) < 4.78 is 3.61. The second kappa shape index (κ2) is 6.66. The molecule has 0 unspecified atom stereocenters. The molecule has 0 aliphatic heterocycles. The van der Waals surface area contributed by atoms with E-state index in [1.54, 1.807) is 35.5 Å². The third-order valence-electron chi connectivity index (χ3n) is 3.56. The summed E-state index contributed by atoms with van der Waals surface area (Å²) in [5.41, 5.74) is 1.21. The van der Waals surface area contributed by atoms with Gasteiger partial charge in [-0.2, -0.15) is 5.10 Å². The lowest BCUT2D eigenvalue weighted by Gasteiger charge is -2.14. The summed E-state index contributed by atoms with van der Waals surface area (Å²) in [7, 11) is 0. The van der Waals surface area contributed by atoms with E-state index in [2.05, 4.69) is 15.4 Å². The lowest BCUT2D eigenvalue weighted by molar-refractivity contribution is 0.0948. The van der Waals surface area contributed by atoms with Gasteiger partial charge in [0, 0.05) is 37.4 Å². The lowest BCUT2D eigenvalue weighted by Crippen LogP contribution is -2.29. The number of imidazole rings is 1. The SMILES string of the molecule is C[C@H](CNC(=O)c1cc(-n2cccn2)ccc1Cl)n1ccnc1. The van der Waals surface area contributed by atoms with Crippen LogP contribution < -0.4 is 5.32 Å². The van der Waals surface area contributed by atoms with Gasteiger partial charge in [-0.15, -0.1) is 0 Å². The van der Waals surface area contributed by atoms with Gasteiger partial charge in [-0.3, -0.25) is 4.79 Å². The Kier molecular flexibility index (Phi) is 4.43. The van der Waals surface area contributed by atoms with Crippen LogP contribution in [0.25, 0.3) is 5.69 Å². The van der Waals surface area contributed by atoms with E-state index in [9.17, 15) is 4.79 Å². The molecule has 0 bridgehead atoms. The van der Waals surface area contributed by atoms with Gasteiger partial charge in [-0.05, 0) is 31.2 Å². The fraction of sp³-hybridized carbons (Fsp3) is 0.188. The van der Waals surface area contributed by atoms with Crippen molar-refractivity contribution in [3.05, 3.63) is 66.0 Å². The monoisotopic (exact) mass is 329 g/mol. The van der Waals surface area contributed by atoms with Crippen LogP contribution in [-0.2, 0) is 0 Å². The normalized spacial score (nSPS) is 12.1. The molecule has 0 saturated carbocycles. The van der Waals surface area contributed by atoms with Crippen LogP contribution in [-0.4, -0.2) is 31.8 Å². The molecule has 0 saturated heterocycles. The van der Waals surface area contributed by atoms with Gasteiger partial charge in [0.1, 0.15) is 0 Å². The molecule has 2 heterocycles. The fourth-order valence-corrected chi connectivity index (χ4v) is 2.43. The Bertz CT molecular complexity index is 783. The van der Waals surface area contributed by atoms with E-state index in [4.69, 9.17) is 11.6 Å². The first-order chi connectivity index (χ1) is 11.1. The number of hydrogen-bond acceptors (Lipinski definition) is 3.